The van der Waals surface area contributed by atoms with Crippen LogP contribution in [-0.4, -0.2) is 23.1 Å². The first-order valence-corrected chi connectivity index (χ1v) is 9.01. The maximum absolute atomic E-state index is 14.3. The van der Waals surface area contributed by atoms with Gasteiger partial charge in [0.1, 0.15) is 23.8 Å². The Morgan fingerprint density at radius 3 is 2.70 bits per heavy atom. The molecule has 6 nitrogen and oxygen atoms in total. The van der Waals surface area contributed by atoms with Crippen LogP contribution in [0.25, 0.3) is 10.1 Å². The molecule has 0 aliphatic rings. The van der Waals surface area contributed by atoms with Crippen molar-refractivity contribution in [1.29, 1.82) is 0 Å². The molecule has 140 valence electrons. The highest BCUT2D eigenvalue weighted by atomic mass is 32.1. The van der Waals surface area contributed by atoms with Crippen LogP contribution in [0.1, 0.15) is 22.2 Å². The maximum Gasteiger partial charge on any atom is 0.348 e. The number of carbonyl (C=O) groups excluding carboxylic acids is 2. The van der Waals surface area contributed by atoms with Gasteiger partial charge >= 0.3 is 11.9 Å². The molecule has 0 aliphatic heterocycles. The van der Waals surface area contributed by atoms with Gasteiger partial charge < -0.3 is 14.0 Å². The molecule has 2 heterocycles. The number of hydrogen-bond acceptors (Lipinski definition) is 6. The van der Waals surface area contributed by atoms with Crippen LogP contribution in [0.4, 0.5) is 4.39 Å². The summed E-state index contributed by atoms with van der Waals surface area (Å²) in [4.78, 5) is 36.2. The molecule has 0 N–H and O–H groups in total. The fraction of sp³-hybridized carbons (Fsp3) is 0.211. The number of fused-ring (bicyclic) bond motifs is 1. The molecule has 0 fully saturated rings. The van der Waals surface area contributed by atoms with Crippen LogP contribution in [0.15, 0.2) is 47.4 Å². The van der Waals surface area contributed by atoms with E-state index in [9.17, 15) is 18.8 Å². The molecule has 27 heavy (non-hydrogen) atoms. The summed E-state index contributed by atoms with van der Waals surface area (Å²) in [6.45, 7) is 1.27. The quantitative estimate of drug-likeness (QED) is 0.606. The summed E-state index contributed by atoms with van der Waals surface area (Å²) in [5, 5.41) is 0.232. The van der Waals surface area contributed by atoms with E-state index in [1.165, 1.54) is 22.9 Å². The Morgan fingerprint density at radius 1 is 1.15 bits per heavy atom. The number of nitrogens with zero attached hydrogens (tertiary/aromatic N) is 1. The average molecular weight is 389 g/mol. The molecule has 0 saturated carbocycles. The Labute approximate surface area is 157 Å². The molecule has 0 amide bonds. The smallest absolute Gasteiger partial charge is 0.348 e. The first-order chi connectivity index (χ1) is 13.0. The normalized spacial score (nSPS) is 10.7. The zero-order chi connectivity index (χ0) is 19.4. The van der Waals surface area contributed by atoms with Gasteiger partial charge in [-0.15, -0.1) is 11.3 Å². The molecule has 2 aromatic heterocycles. The fourth-order valence-corrected chi connectivity index (χ4v) is 3.71. The summed E-state index contributed by atoms with van der Waals surface area (Å²) >= 11 is 1.08. The molecule has 0 bridgehead atoms. The predicted octanol–water partition coefficient (Wildman–Crippen LogP) is 3.12. The molecule has 1 aromatic carbocycles. The van der Waals surface area contributed by atoms with Crippen LogP contribution in [0.2, 0.25) is 0 Å². The van der Waals surface area contributed by atoms with Crippen molar-refractivity contribution >= 4 is 33.4 Å². The van der Waals surface area contributed by atoms with Crippen LogP contribution >= 0.6 is 11.3 Å². The molecule has 0 saturated heterocycles. The number of hydrogen-bond donors (Lipinski definition) is 0. The van der Waals surface area contributed by atoms with Crippen molar-refractivity contribution in [2.75, 3.05) is 6.61 Å². The fourth-order valence-electron chi connectivity index (χ4n) is 2.60. The van der Waals surface area contributed by atoms with Crippen molar-refractivity contribution in [1.82, 2.24) is 4.57 Å². The number of rotatable bonds is 6. The van der Waals surface area contributed by atoms with E-state index in [1.807, 2.05) is 0 Å². The number of thiophene rings is 1. The number of benzene rings is 1. The van der Waals surface area contributed by atoms with Gasteiger partial charge in [-0.1, -0.05) is 12.1 Å². The lowest BCUT2D eigenvalue weighted by atomic mass is 10.1. The molecule has 0 aliphatic carbocycles. The summed E-state index contributed by atoms with van der Waals surface area (Å²) in [6.07, 6.45) is 1.47. The number of aromatic nitrogens is 1. The standard InChI is InChI=1S/C19H16FNO5S/c1-2-25-19(24)18-12(17-13(20)6-5-7-14(17)27-18)11-26-16(23)10-21-9-4-3-8-15(21)22/h3-9H,2,10-11H2,1H3. The lowest BCUT2D eigenvalue weighted by Crippen LogP contribution is -2.23. The predicted molar refractivity (Wildman–Crippen MR) is 98.2 cm³/mol. The van der Waals surface area contributed by atoms with Crippen molar-refractivity contribution in [3.8, 4) is 0 Å². The molecule has 8 heteroatoms. The molecule has 0 radical (unpaired) electrons. The molecule has 3 aromatic rings. The second kappa shape index (κ2) is 8.13. The second-order valence-corrected chi connectivity index (χ2v) is 6.62. The highest BCUT2D eigenvalue weighted by Crippen LogP contribution is 2.34. The summed E-state index contributed by atoms with van der Waals surface area (Å²) in [5.74, 6) is -1.78. The van der Waals surface area contributed by atoms with E-state index in [4.69, 9.17) is 9.47 Å². The van der Waals surface area contributed by atoms with Crippen LogP contribution in [0.3, 0.4) is 0 Å². The molecule has 0 spiro atoms. The number of esters is 2. The Balaban J connectivity index is 1.86. The minimum absolute atomic E-state index is 0.172. The Hall–Kier alpha value is -3.00. The molecular weight excluding hydrogens is 373 g/mol. The lowest BCUT2D eigenvalue weighted by Gasteiger charge is -2.08. The Morgan fingerprint density at radius 2 is 1.96 bits per heavy atom. The van der Waals surface area contributed by atoms with E-state index >= 15 is 0 Å². The first-order valence-electron chi connectivity index (χ1n) is 8.19. The average Bonchev–Trinajstić information content (AvgIpc) is 3.02. The monoisotopic (exact) mass is 389 g/mol. The van der Waals surface area contributed by atoms with Gasteiger partial charge in [-0.05, 0) is 25.1 Å². The van der Waals surface area contributed by atoms with E-state index in [0.717, 1.165) is 11.3 Å². The van der Waals surface area contributed by atoms with E-state index in [2.05, 4.69) is 0 Å². The third-order valence-corrected chi connectivity index (χ3v) is 4.98. The SMILES string of the molecule is CCOC(=O)c1sc2cccc(F)c2c1COC(=O)Cn1ccccc1=O. The number of halogens is 1. The number of carbonyl (C=O) groups is 2. The Kier molecular flexibility index (Phi) is 5.66. The van der Waals surface area contributed by atoms with Gasteiger partial charge in [0.05, 0.1) is 6.61 Å². The second-order valence-electron chi connectivity index (χ2n) is 5.57. The van der Waals surface area contributed by atoms with E-state index < -0.39 is 17.8 Å². The lowest BCUT2D eigenvalue weighted by molar-refractivity contribution is -0.145. The molecule has 3 rings (SSSR count). The highest BCUT2D eigenvalue weighted by Gasteiger charge is 2.22. The van der Waals surface area contributed by atoms with Crippen molar-refractivity contribution in [3.05, 3.63) is 69.2 Å². The minimum atomic E-state index is -0.672. The van der Waals surface area contributed by atoms with Crippen molar-refractivity contribution in [3.63, 3.8) is 0 Å². The molecular formula is C19H16FNO5S. The topological polar surface area (TPSA) is 74.6 Å². The largest absolute Gasteiger partial charge is 0.462 e. The van der Waals surface area contributed by atoms with Crippen molar-refractivity contribution in [2.24, 2.45) is 0 Å². The van der Waals surface area contributed by atoms with Crippen LogP contribution in [0.5, 0.6) is 0 Å². The van der Waals surface area contributed by atoms with Gasteiger partial charge in [-0.25, -0.2) is 9.18 Å². The Bertz CT molecular complexity index is 1060. The van der Waals surface area contributed by atoms with Crippen molar-refractivity contribution in [2.45, 2.75) is 20.1 Å². The summed E-state index contributed by atoms with van der Waals surface area (Å²) in [5.41, 5.74) is -0.0750. The van der Waals surface area contributed by atoms with Gasteiger partial charge in [0.25, 0.3) is 5.56 Å². The summed E-state index contributed by atoms with van der Waals surface area (Å²) in [7, 11) is 0. The highest BCUT2D eigenvalue weighted by molar-refractivity contribution is 7.21. The first kappa shape index (κ1) is 18.8. The van der Waals surface area contributed by atoms with Gasteiger partial charge in [-0.3, -0.25) is 9.59 Å². The molecule has 0 atom stereocenters. The molecule has 0 unspecified atom stereocenters. The number of ether oxygens (including phenoxy) is 2. The van der Waals surface area contributed by atoms with Crippen LogP contribution < -0.4 is 5.56 Å². The van der Waals surface area contributed by atoms with E-state index in [-0.39, 0.29) is 41.1 Å². The summed E-state index contributed by atoms with van der Waals surface area (Å²) in [6, 6.07) is 9.01. The van der Waals surface area contributed by atoms with Crippen LogP contribution in [0, 0.1) is 5.82 Å². The van der Waals surface area contributed by atoms with Gasteiger partial charge in [0.2, 0.25) is 0 Å². The van der Waals surface area contributed by atoms with E-state index in [0.29, 0.717) is 4.70 Å². The zero-order valence-electron chi connectivity index (χ0n) is 14.4. The summed E-state index contributed by atoms with van der Waals surface area (Å²) < 4.78 is 26.3. The van der Waals surface area contributed by atoms with Gasteiger partial charge in [-0.2, -0.15) is 0 Å². The van der Waals surface area contributed by atoms with Crippen LogP contribution in [-0.2, 0) is 27.4 Å². The van der Waals surface area contributed by atoms with Gasteiger partial charge in [0.15, 0.2) is 0 Å². The number of pyridine rings is 1. The third kappa shape index (κ3) is 4.06. The van der Waals surface area contributed by atoms with E-state index in [1.54, 1.807) is 31.2 Å². The maximum atomic E-state index is 14.3. The van der Waals surface area contributed by atoms with Crippen molar-refractivity contribution < 1.29 is 23.5 Å². The zero-order valence-corrected chi connectivity index (χ0v) is 15.3. The van der Waals surface area contributed by atoms with Gasteiger partial charge in [0, 0.05) is 27.9 Å². The minimum Gasteiger partial charge on any atom is -0.462 e. The third-order valence-electron chi connectivity index (χ3n) is 3.80.